The Bertz CT molecular complexity index is 1280. The number of aryl methyl sites for hydroxylation is 4. The van der Waals surface area contributed by atoms with Crippen molar-refractivity contribution in [3.05, 3.63) is 86.5 Å². The van der Waals surface area contributed by atoms with E-state index in [0.29, 0.717) is 5.54 Å². The normalized spacial score (nSPS) is 17.2. The standard InChI is InChI=1S/C31H35ClSi/c1-18-11-19(2)14-23(13-18)28-25-9-8-10-26(25)29(24-15-20(3)12-21(4)16-24)30-27(28)17-22(5)31(30)33(6,7)32/h11-17,31H,8-10H2,1-7H3. The van der Waals surface area contributed by atoms with Gasteiger partial charge in [0.1, 0.15) is 0 Å². The van der Waals surface area contributed by atoms with E-state index in [2.05, 4.69) is 90.2 Å². The third kappa shape index (κ3) is 3.84. The number of benzene rings is 3. The van der Waals surface area contributed by atoms with Crippen LogP contribution in [0.15, 0.2) is 42.0 Å². The lowest BCUT2D eigenvalue weighted by Crippen LogP contribution is -2.29. The minimum absolute atomic E-state index is 0.348. The van der Waals surface area contributed by atoms with Crippen LogP contribution in [0, 0.1) is 27.7 Å². The smallest absolute Gasteiger partial charge is 0.161 e. The van der Waals surface area contributed by atoms with E-state index in [1.165, 1.54) is 80.5 Å². The van der Waals surface area contributed by atoms with Crippen molar-refractivity contribution in [3.8, 4) is 22.3 Å². The van der Waals surface area contributed by atoms with E-state index in [-0.39, 0.29) is 0 Å². The van der Waals surface area contributed by atoms with Gasteiger partial charge in [-0.25, -0.2) is 0 Å². The molecule has 0 bridgehead atoms. The third-order valence-electron chi connectivity index (χ3n) is 7.47. The van der Waals surface area contributed by atoms with Gasteiger partial charge in [-0.05, 0) is 98.4 Å². The fraction of sp³-hybridized carbons (Fsp3) is 0.355. The van der Waals surface area contributed by atoms with Gasteiger partial charge in [-0.1, -0.05) is 83.4 Å². The van der Waals surface area contributed by atoms with Crippen molar-refractivity contribution in [3.63, 3.8) is 0 Å². The Hall–Kier alpha value is -2.09. The molecule has 2 aliphatic rings. The number of allylic oxidation sites excluding steroid dienone is 1. The van der Waals surface area contributed by atoms with Crippen molar-refractivity contribution < 1.29 is 0 Å². The van der Waals surface area contributed by atoms with Crippen LogP contribution in [0.2, 0.25) is 13.1 Å². The average Bonchev–Trinajstić information content (AvgIpc) is 3.27. The molecule has 0 amide bonds. The first-order valence-corrected chi connectivity index (χ1v) is 16.4. The molecule has 0 aliphatic heterocycles. The first-order valence-electron chi connectivity index (χ1n) is 12.3. The van der Waals surface area contributed by atoms with Crippen LogP contribution in [-0.4, -0.2) is 7.38 Å². The Morgan fingerprint density at radius 2 is 1.15 bits per heavy atom. The molecular weight excluding hydrogens is 436 g/mol. The Kier molecular flexibility index (Phi) is 5.50. The minimum atomic E-state index is -2.00. The van der Waals surface area contributed by atoms with Crippen LogP contribution in [0.3, 0.4) is 0 Å². The summed E-state index contributed by atoms with van der Waals surface area (Å²) in [5, 5.41) is 0. The van der Waals surface area contributed by atoms with Gasteiger partial charge in [0.15, 0.2) is 7.38 Å². The molecule has 0 saturated carbocycles. The van der Waals surface area contributed by atoms with Gasteiger partial charge in [-0.2, -0.15) is 11.1 Å². The molecule has 1 unspecified atom stereocenters. The number of rotatable bonds is 3. The van der Waals surface area contributed by atoms with E-state index >= 15 is 0 Å². The zero-order valence-corrected chi connectivity index (χ0v) is 22.9. The molecular formula is C31H35ClSi. The Morgan fingerprint density at radius 3 is 1.64 bits per heavy atom. The van der Waals surface area contributed by atoms with Gasteiger partial charge in [0, 0.05) is 5.54 Å². The summed E-state index contributed by atoms with van der Waals surface area (Å²) in [6.07, 6.45) is 6.05. The lowest BCUT2D eigenvalue weighted by molar-refractivity contribution is 0.912. The molecule has 0 radical (unpaired) electrons. The highest BCUT2D eigenvalue weighted by atomic mass is 35.6. The molecule has 33 heavy (non-hydrogen) atoms. The van der Waals surface area contributed by atoms with Crippen molar-refractivity contribution in [2.24, 2.45) is 0 Å². The largest absolute Gasteiger partial charge is 0.167 e. The van der Waals surface area contributed by atoms with Crippen LogP contribution < -0.4 is 0 Å². The summed E-state index contributed by atoms with van der Waals surface area (Å²) in [7, 11) is -2.00. The molecule has 2 aliphatic carbocycles. The summed E-state index contributed by atoms with van der Waals surface area (Å²) < 4.78 is 0. The van der Waals surface area contributed by atoms with Crippen LogP contribution >= 0.6 is 11.1 Å². The van der Waals surface area contributed by atoms with Crippen molar-refractivity contribution in [2.45, 2.75) is 72.5 Å². The SMILES string of the molecule is CC1=Cc2c(-c3cc(C)cc(C)c3)c3c(c(-c4cc(C)cc(C)c4)c2C1[Si](C)(C)Cl)CCC3. The van der Waals surface area contributed by atoms with Gasteiger partial charge in [0.2, 0.25) is 0 Å². The second kappa shape index (κ2) is 8.00. The molecule has 170 valence electrons. The second-order valence-corrected chi connectivity index (χ2v) is 17.7. The fourth-order valence-corrected chi connectivity index (χ4v) is 9.66. The molecule has 0 saturated heterocycles. The quantitative estimate of drug-likeness (QED) is 0.264. The number of hydrogen-bond donors (Lipinski definition) is 0. The third-order valence-corrected chi connectivity index (χ3v) is 10.2. The van der Waals surface area contributed by atoms with Crippen molar-refractivity contribution >= 4 is 24.5 Å². The summed E-state index contributed by atoms with van der Waals surface area (Å²) in [4.78, 5) is 0. The lowest BCUT2D eigenvalue weighted by Gasteiger charge is -2.30. The highest BCUT2D eigenvalue weighted by molar-refractivity contribution is 7.20. The maximum atomic E-state index is 7.28. The van der Waals surface area contributed by atoms with E-state index < -0.39 is 7.38 Å². The van der Waals surface area contributed by atoms with Gasteiger partial charge in [0.05, 0.1) is 0 Å². The number of hydrogen-bond acceptors (Lipinski definition) is 0. The highest BCUT2D eigenvalue weighted by Crippen LogP contribution is 2.54. The second-order valence-electron chi connectivity index (χ2n) is 11.0. The first-order chi connectivity index (χ1) is 15.5. The molecule has 1 atom stereocenters. The topological polar surface area (TPSA) is 0 Å². The van der Waals surface area contributed by atoms with E-state index in [9.17, 15) is 0 Å². The highest BCUT2D eigenvalue weighted by Gasteiger charge is 2.42. The Labute approximate surface area is 205 Å². The number of halogens is 1. The molecule has 0 spiro atoms. The molecule has 0 fully saturated rings. The van der Waals surface area contributed by atoms with E-state index in [4.69, 9.17) is 11.1 Å². The predicted molar refractivity (Wildman–Crippen MR) is 148 cm³/mol. The monoisotopic (exact) mass is 470 g/mol. The zero-order chi connectivity index (χ0) is 23.7. The van der Waals surface area contributed by atoms with Gasteiger partial charge in [-0.3, -0.25) is 0 Å². The molecule has 5 rings (SSSR count). The summed E-state index contributed by atoms with van der Waals surface area (Å²) in [6.45, 7) is 15.8. The maximum absolute atomic E-state index is 7.28. The van der Waals surface area contributed by atoms with Crippen molar-refractivity contribution in [1.82, 2.24) is 0 Å². The predicted octanol–water partition coefficient (Wildman–Crippen LogP) is 9.23. The Balaban J connectivity index is 1.93. The van der Waals surface area contributed by atoms with E-state index in [0.717, 1.165) is 0 Å². The van der Waals surface area contributed by atoms with Crippen molar-refractivity contribution in [2.75, 3.05) is 0 Å². The van der Waals surface area contributed by atoms with Crippen LogP contribution in [0.5, 0.6) is 0 Å². The lowest BCUT2D eigenvalue weighted by atomic mass is 9.82. The molecule has 0 nitrogen and oxygen atoms in total. The van der Waals surface area contributed by atoms with Crippen LogP contribution in [-0.2, 0) is 12.8 Å². The van der Waals surface area contributed by atoms with Crippen LogP contribution in [0.1, 0.15) is 63.4 Å². The van der Waals surface area contributed by atoms with Gasteiger partial charge in [-0.15, -0.1) is 0 Å². The first kappa shape index (κ1) is 22.7. The molecule has 3 aromatic rings. The molecule has 3 aromatic carbocycles. The fourth-order valence-electron chi connectivity index (χ4n) is 6.66. The van der Waals surface area contributed by atoms with Crippen LogP contribution in [0.25, 0.3) is 28.3 Å². The van der Waals surface area contributed by atoms with Crippen LogP contribution in [0.4, 0.5) is 0 Å². The van der Waals surface area contributed by atoms with Gasteiger partial charge < -0.3 is 0 Å². The van der Waals surface area contributed by atoms with Crippen molar-refractivity contribution in [1.29, 1.82) is 0 Å². The van der Waals surface area contributed by atoms with E-state index in [1.54, 1.807) is 11.1 Å². The average molecular weight is 471 g/mol. The summed E-state index contributed by atoms with van der Waals surface area (Å²) >= 11 is 7.28. The maximum Gasteiger partial charge on any atom is 0.161 e. The Morgan fingerprint density at radius 1 is 0.697 bits per heavy atom. The molecule has 0 aromatic heterocycles. The molecule has 0 N–H and O–H groups in total. The number of fused-ring (bicyclic) bond motifs is 2. The summed E-state index contributed by atoms with van der Waals surface area (Å²) in [5.74, 6) is 0. The van der Waals surface area contributed by atoms with Gasteiger partial charge >= 0.3 is 0 Å². The summed E-state index contributed by atoms with van der Waals surface area (Å²) in [5.41, 5.74) is 19.0. The minimum Gasteiger partial charge on any atom is -0.167 e. The molecule has 0 heterocycles. The van der Waals surface area contributed by atoms with Gasteiger partial charge in [0.25, 0.3) is 0 Å². The van der Waals surface area contributed by atoms with E-state index in [1.807, 2.05) is 0 Å². The summed E-state index contributed by atoms with van der Waals surface area (Å²) in [6, 6.07) is 14.1. The molecule has 2 heteroatoms. The zero-order valence-electron chi connectivity index (χ0n) is 21.1.